The van der Waals surface area contributed by atoms with Crippen LogP contribution in [0.4, 0.5) is 0 Å². The van der Waals surface area contributed by atoms with Gasteiger partial charge in [0.05, 0.1) is 25.4 Å². The molecule has 1 heterocycles. The van der Waals surface area contributed by atoms with Crippen molar-refractivity contribution in [3.8, 4) is 0 Å². The third-order valence-electron chi connectivity index (χ3n) is 9.47. The first-order valence-electron chi connectivity index (χ1n) is 21.8. The molecule has 57 heavy (non-hydrogen) atoms. The number of hydrogen-bond donors (Lipinski definition) is 3. The van der Waals surface area contributed by atoms with E-state index >= 15 is 0 Å². The Kier molecular flexibility index (Phi) is 32.5. The topological polar surface area (TPSA) is 184 Å². The van der Waals surface area contributed by atoms with Crippen molar-refractivity contribution in [2.75, 3.05) is 19.8 Å². The SMILES string of the molecule is CCCCC/C=C\C/C=C\C/C=C\CCCCCCC(=O)OC[C@H](COP(=O)(O)OC[C@H](N)C(=O)O)OC(=O)CCCCCCC/C=C\CC1OC1CCCCC. The maximum atomic E-state index is 12.6. The summed E-state index contributed by atoms with van der Waals surface area (Å²) >= 11 is 0. The van der Waals surface area contributed by atoms with Gasteiger partial charge in [0.25, 0.3) is 0 Å². The zero-order chi connectivity index (χ0) is 41.8. The summed E-state index contributed by atoms with van der Waals surface area (Å²) in [6.07, 6.45) is 40.5. The second kappa shape index (κ2) is 35.4. The van der Waals surface area contributed by atoms with Crippen molar-refractivity contribution in [3.05, 3.63) is 48.6 Å². The number of carboxylic acids is 1. The van der Waals surface area contributed by atoms with Gasteiger partial charge < -0.3 is 29.9 Å². The minimum Gasteiger partial charge on any atom is -0.480 e. The molecule has 0 aromatic heterocycles. The molecule has 0 bridgehead atoms. The number of hydrogen-bond acceptors (Lipinski definition) is 10. The molecule has 4 N–H and O–H groups in total. The van der Waals surface area contributed by atoms with Crippen LogP contribution in [-0.4, -0.2) is 72.1 Å². The van der Waals surface area contributed by atoms with Crippen molar-refractivity contribution in [1.82, 2.24) is 0 Å². The molecule has 0 radical (unpaired) electrons. The van der Waals surface area contributed by atoms with E-state index < -0.39 is 51.1 Å². The first-order valence-corrected chi connectivity index (χ1v) is 23.3. The van der Waals surface area contributed by atoms with Crippen LogP contribution in [-0.2, 0) is 42.2 Å². The summed E-state index contributed by atoms with van der Waals surface area (Å²) in [7, 11) is -4.73. The lowest BCUT2D eigenvalue weighted by Gasteiger charge is -2.20. The zero-order valence-corrected chi connectivity index (χ0v) is 36.0. The van der Waals surface area contributed by atoms with Gasteiger partial charge in [0, 0.05) is 12.8 Å². The molecule has 0 saturated carbocycles. The molecule has 3 unspecified atom stereocenters. The average molecular weight is 826 g/mol. The van der Waals surface area contributed by atoms with E-state index in [2.05, 4.69) is 67.0 Å². The summed E-state index contributed by atoms with van der Waals surface area (Å²) in [5.41, 5.74) is 5.33. The van der Waals surface area contributed by atoms with Gasteiger partial charge in [-0.1, -0.05) is 127 Å². The van der Waals surface area contributed by atoms with Crippen molar-refractivity contribution < 1.29 is 52.2 Å². The van der Waals surface area contributed by atoms with E-state index in [0.29, 0.717) is 25.0 Å². The minimum absolute atomic E-state index is 0.134. The summed E-state index contributed by atoms with van der Waals surface area (Å²) < 4.78 is 38.4. The van der Waals surface area contributed by atoms with Crippen LogP contribution in [0.25, 0.3) is 0 Å². The highest BCUT2D eigenvalue weighted by atomic mass is 31.2. The Hall–Kier alpha value is -2.60. The van der Waals surface area contributed by atoms with Crippen molar-refractivity contribution in [3.63, 3.8) is 0 Å². The molecule has 1 fully saturated rings. The van der Waals surface area contributed by atoms with Crippen LogP contribution in [0.3, 0.4) is 0 Å². The van der Waals surface area contributed by atoms with Crippen LogP contribution in [0.2, 0.25) is 0 Å². The molecular weight excluding hydrogens is 749 g/mol. The monoisotopic (exact) mass is 826 g/mol. The summed E-state index contributed by atoms with van der Waals surface area (Å²) in [6, 6.07) is -1.53. The second-order valence-corrected chi connectivity index (χ2v) is 16.3. The maximum absolute atomic E-state index is 12.6. The Bertz CT molecular complexity index is 1220. The number of carbonyl (C=O) groups is 3. The van der Waals surface area contributed by atoms with E-state index in [-0.39, 0.29) is 19.4 Å². The normalized spacial score (nSPS) is 17.8. The molecule has 13 heteroatoms. The first kappa shape index (κ1) is 52.4. The molecule has 1 aliphatic heterocycles. The van der Waals surface area contributed by atoms with Gasteiger partial charge in [-0.15, -0.1) is 0 Å². The fourth-order valence-corrected chi connectivity index (χ4v) is 6.68. The van der Waals surface area contributed by atoms with E-state index in [1.807, 2.05) is 0 Å². The van der Waals surface area contributed by atoms with Crippen LogP contribution in [0, 0.1) is 0 Å². The van der Waals surface area contributed by atoms with Crippen molar-refractivity contribution in [1.29, 1.82) is 0 Å². The van der Waals surface area contributed by atoms with E-state index in [0.717, 1.165) is 83.5 Å². The van der Waals surface area contributed by atoms with Crippen LogP contribution in [0.1, 0.15) is 168 Å². The molecule has 1 saturated heterocycles. The van der Waals surface area contributed by atoms with Crippen LogP contribution in [0.5, 0.6) is 0 Å². The number of carbonyl (C=O) groups excluding carboxylic acids is 2. The molecule has 328 valence electrons. The van der Waals surface area contributed by atoms with Crippen LogP contribution >= 0.6 is 7.82 Å². The van der Waals surface area contributed by atoms with Gasteiger partial charge in [-0.25, -0.2) is 4.57 Å². The lowest BCUT2D eigenvalue weighted by molar-refractivity contribution is -0.161. The maximum Gasteiger partial charge on any atom is 0.472 e. The number of unbranched alkanes of at least 4 members (excludes halogenated alkanes) is 14. The van der Waals surface area contributed by atoms with Gasteiger partial charge in [-0.2, -0.15) is 0 Å². The minimum atomic E-state index is -4.73. The summed E-state index contributed by atoms with van der Waals surface area (Å²) in [5.74, 6) is -2.44. The number of esters is 2. The predicted molar refractivity (Wildman–Crippen MR) is 226 cm³/mol. The van der Waals surface area contributed by atoms with Gasteiger partial charge in [-0.3, -0.25) is 23.4 Å². The van der Waals surface area contributed by atoms with Crippen molar-refractivity contribution >= 4 is 25.7 Å². The largest absolute Gasteiger partial charge is 0.480 e. The number of rotatable bonds is 39. The molecule has 5 atom stereocenters. The third-order valence-corrected chi connectivity index (χ3v) is 10.4. The molecule has 1 rings (SSSR count). The van der Waals surface area contributed by atoms with Crippen LogP contribution in [0.15, 0.2) is 48.6 Å². The number of aliphatic carboxylic acids is 1. The lowest BCUT2D eigenvalue weighted by Crippen LogP contribution is -2.34. The molecule has 0 amide bonds. The van der Waals surface area contributed by atoms with E-state index in [4.69, 9.17) is 29.6 Å². The highest BCUT2D eigenvalue weighted by molar-refractivity contribution is 7.47. The molecule has 0 aromatic rings. The Balaban J connectivity index is 2.31. The smallest absolute Gasteiger partial charge is 0.472 e. The Labute approximate surface area is 343 Å². The number of carboxylic acid groups (broad SMARTS) is 1. The number of ether oxygens (including phenoxy) is 3. The standard InChI is InChI=1S/C44H76NO11P/c1-3-5-7-8-9-10-11-12-13-14-15-16-17-18-22-25-29-33-42(46)52-35-38(36-53-57(50,51)54-37-39(45)44(48)49)55-43(47)34-30-26-23-20-19-21-24-28-32-41-40(56-41)31-27-6-4-2/h9-10,12-13,15-16,24,28,38-41H,3-8,11,14,17-23,25-27,29-37,45H2,1-2H3,(H,48,49)(H,50,51)/b10-9-,13-12-,16-15-,28-24-/t38-,39+,40?,41?/m1/s1. The summed E-state index contributed by atoms with van der Waals surface area (Å²) in [4.78, 5) is 46.0. The molecule has 1 aliphatic rings. The number of nitrogens with two attached hydrogens (primary N) is 1. The van der Waals surface area contributed by atoms with Crippen LogP contribution < -0.4 is 5.73 Å². The van der Waals surface area contributed by atoms with E-state index in [1.54, 1.807) is 0 Å². The van der Waals surface area contributed by atoms with Crippen molar-refractivity contribution in [2.45, 2.75) is 192 Å². The van der Waals surface area contributed by atoms with Gasteiger partial charge in [0.15, 0.2) is 6.10 Å². The number of phosphoric ester groups is 1. The number of allylic oxidation sites excluding steroid dienone is 7. The highest BCUT2D eigenvalue weighted by Crippen LogP contribution is 2.43. The predicted octanol–water partition coefficient (Wildman–Crippen LogP) is 10.4. The Morgan fingerprint density at radius 3 is 1.77 bits per heavy atom. The van der Waals surface area contributed by atoms with E-state index in [9.17, 15) is 23.8 Å². The molecule has 0 aromatic carbocycles. The molecule has 0 aliphatic carbocycles. The summed E-state index contributed by atoms with van der Waals surface area (Å²) in [6.45, 7) is 2.69. The lowest BCUT2D eigenvalue weighted by atomic mass is 10.1. The summed E-state index contributed by atoms with van der Waals surface area (Å²) in [5, 5.41) is 8.89. The highest BCUT2D eigenvalue weighted by Gasteiger charge is 2.36. The fraction of sp³-hybridized carbons (Fsp3) is 0.750. The molecule has 12 nitrogen and oxygen atoms in total. The Morgan fingerprint density at radius 2 is 1.16 bits per heavy atom. The van der Waals surface area contributed by atoms with Gasteiger partial charge in [0.1, 0.15) is 12.6 Å². The van der Waals surface area contributed by atoms with Gasteiger partial charge >= 0.3 is 25.7 Å². The fourth-order valence-electron chi connectivity index (χ4n) is 5.90. The number of epoxide rings is 1. The third kappa shape index (κ3) is 33.0. The number of phosphoric acid groups is 1. The van der Waals surface area contributed by atoms with Gasteiger partial charge in [-0.05, 0) is 77.0 Å². The zero-order valence-electron chi connectivity index (χ0n) is 35.1. The van der Waals surface area contributed by atoms with Gasteiger partial charge in [0.2, 0.25) is 0 Å². The van der Waals surface area contributed by atoms with Crippen molar-refractivity contribution in [2.24, 2.45) is 5.73 Å². The molecular formula is C44H76NO11P. The molecule has 0 spiro atoms. The average Bonchev–Trinajstić information content (AvgIpc) is 3.94. The quantitative estimate of drug-likeness (QED) is 0.0175. The Morgan fingerprint density at radius 1 is 0.649 bits per heavy atom. The second-order valence-electron chi connectivity index (χ2n) is 14.9. The van der Waals surface area contributed by atoms with E-state index in [1.165, 1.54) is 44.9 Å². The first-order chi connectivity index (χ1) is 27.6.